The van der Waals surface area contributed by atoms with Gasteiger partial charge in [0.15, 0.2) is 6.54 Å². The lowest BCUT2D eigenvalue weighted by molar-refractivity contribution is -0.760. The number of nitrogens with one attached hydrogen (secondary N) is 1. The molecule has 0 spiro atoms. The zero-order valence-corrected chi connectivity index (χ0v) is 10.7. The number of ether oxygens (including phenoxy) is 1. The van der Waals surface area contributed by atoms with Crippen molar-refractivity contribution in [2.24, 2.45) is 0 Å². The SMILES string of the molecule is CC[n+]1noc(NOC(=O)OC(C)(C)C)c1C=O. The molecule has 0 radical (unpaired) electrons. The largest absolute Gasteiger partial charge is 0.533 e. The standard InChI is InChI=1S/C10H15N3O5/c1-5-13-7(6-14)8(17-12-13)11-18-9(15)16-10(2,3)4/h6H,5H2,1-4H3/p+1. The Kier molecular flexibility index (Phi) is 4.24. The van der Waals surface area contributed by atoms with Crippen molar-refractivity contribution < 1.29 is 28.4 Å². The fourth-order valence-corrected chi connectivity index (χ4v) is 1.07. The Labute approximate surface area is 104 Å². The van der Waals surface area contributed by atoms with Gasteiger partial charge in [0.1, 0.15) is 5.60 Å². The van der Waals surface area contributed by atoms with Crippen LogP contribution in [-0.2, 0) is 16.1 Å². The van der Waals surface area contributed by atoms with E-state index in [9.17, 15) is 9.59 Å². The Bertz CT molecular complexity index is 435. The number of rotatable bonds is 4. The minimum atomic E-state index is -0.932. The maximum Gasteiger partial charge on any atom is 0.533 e. The molecule has 0 unspecified atom stereocenters. The third kappa shape index (κ3) is 3.72. The summed E-state index contributed by atoms with van der Waals surface area (Å²) in [5.41, 5.74) is 1.66. The van der Waals surface area contributed by atoms with E-state index in [-0.39, 0.29) is 11.6 Å². The summed E-state index contributed by atoms with van der Waals surface area (Å²) in [5.74, 6) is -0.0577. The van der Waals surface area contributed by atoms with Crippen molar-refractivity contribution in [3.05, 3.63) is 5.69 Å². The highest BCUT2D eigenvalue weighted by atomic mass is 16.8. The van der Waals surface area contributed by atoms with E-state index < -0.39 is 11.8 Å². The van der Waals surface area contributed by atoms with Gasteiger partial charge in [-0.25, -0.2) is 4.79 Å². The zero-order chi connectivity index (χ0) is 13.8. The monoisotopic (exact) mass is 258 g/mol. The van der Waals surface area contributed by atoms with E-state index >= 15 is 0 Å². The summed E-state index contributed by atoms with van der Waals surface area (Å²) in [6, 6.07) is 0. The van der Waals surface area contributed by atoms with Crippen LogP contribution in [0.4, 0.5) is 10.7 Å². The van der Waals surface area contributed by atoms with Crippen LogP contribution in [0.15, 0.2) is 4.52 Å². The van der Waals surface area contributed by atoms with Gasteiger partial charge in [-0.05, 0) is 32.4 Å². The Morgan fingerprint density at radius 3 is 2.72 bits per heavy atom. The van der Waals surface area contributed by atoms with Gasteiger partial charge in [0.2, 0.25) is 11.6 Å². The topological polar surface area (TPSA) is 94.5 Å². The van der Waals surface area contributed by atoms with Gasteiger partial charge in [-0.2, -0.15) is 5.48 Å². The smallest absolute Gasteiger partial charge is 0.427 e. The number of nitrogens with zero attached hydrogens (tertiary/aromatic N) is 2. The molecular formula is C10H16N3O5+. The molecule has 0 aliphatic carbocycles. The normalized spacial score (nSPS) is 10.9. The molecule has 1 aromatic rings. The minimum absolute atomic E-state index is 0.0577. The van der Waals surface area contributed by atoms with Crippen LogP contribution in [0.25, 0.3) is 0 Å². The van der Waals surface area contributed by atoms with Gasteiger partial charge >= 0.3 is 17.7 Å². The summed E-state index contributed by atoms with van der Waals surface area (Å²) in [5, 5.41) is 3.57. The molecule has 0 aliphatic heterocycles. The van der Waals surface area contributed by atoms with Gasteiger partial charge in [-0.15, -0.1) is 0 Å². The van der Waals surface area contributed by atoms with Gasteiger partial charge < -0.3 is 9.57 Å². The van der Waals surface area contributed by atoms with Crippen molar-refractivity contribution in [2.75, 3.05) is 5.48 Å². The van der Waals surface area contributed by atoms with E-state index in [1.165, 1.54) is 4.68 Å². The van der Waals surface area contributed by atoms with Crippen molar-refractivity contribution in [1.82, 2.24) is 5.27 Å². The average molecular weight is 258 g/mol. The minimum Gasteiger partial charge on any atom is -0.427 e. The Balaban J connectivity index is 2.61. The Hall–Kier alpha value is -2.12. The lowest BCUT2D eigenvalue weighted by Gasteiger charge is -2.17. The average Bonchev–Trinajstić information content (AvgIpc) is 2.65. The molecule has 0 aliphatic rings. The van der Waals surface area contributed by atoms with Gasteiger partial charge in [-0.3, -0.25) is 9.32 Å². The van der Waals surface area contributed by atoms with Crippen molar-refractivity contribution in [3.8, 4) is 0 Å². The number of anilines is 1. The van der Waals surface area contributed by atoms with Crippen LogP contribution in [0, 0.1) is 0 Å². The number of carbonyl (C=O) groups is 2. The zero-order valence-electron chi connectivity index (χ0n) is 10.7. The third-order valence-electron chi connectivity index (χ3n) is 1.77. The molecule has 18 heavy (non-hydrogen) atoms. The second-order valence-corrected chi connectivity index (χ2v) is 4.39. The van der Waals surface area contributed by atoms with E-state index in [2.05, 4.69) is 15.6 Å². The first-order chi connectivity index (χ1) is 8.37. The highest BCUT2D eigenvalue weighted by Crippen LogP contribution is 2.11. The molecule has 100 valence electrons. The Morgan fingerprint density at radius 1 is 1.56 bits per heavy atom. The van der Waals surface area contributed by atoms with Crippen LogP contribution >= 0.6 is 0 Å². The fraction of sp³-hybridized carbons (Fsp3) is 0.600. The summed E-state index contributed by atoms with van der Waals surface area (Å²) in [6.45, 7) is 7.33. The highest BCUT2D eigenvalue weighted by molar-refractivity contribution is 5.76. The lowest BCUT2D eigenvalue weighted by Crippen LogP contribution is -2.38. The van der Waals surface area contributed by atoms with Crippen LogP contribution in [0.1, 0.15) is 38.2 Å². The number of carbonyl (C=O) groups excluding carboxylic acids is 2. The van der Waals surface area contributed by atoms with E-state index in [1.54, 1.807) is 27.7 Å². The fourth-order valence-electron chi connectivity index (χ4n) is 1.07. The van der Waals surface area contributed by atoms with Crippen molar-refractivity contribution in [3.63, 3.8) is 0 Å². The van der Waals surface area contributed by atoms with Crippen LogP contribution < -0.4 is 10.2 Å². The number of hydrogen-bond acceptors (Lipinski definition) is 7. The van der Waals surface area contributed by atoms with Crippen LogP contribution in [-0.4, -0.2) is 23.3 Å². The molecule has 0 saturated carbocycles. The molecule has 1 heterocycles. The molecule has 0 amide bonds. The third-order valence-corrected chi connectivity index (χ3v) is 1.77. The molecule has 1 aromatic heterocycles. The second-order valence-electron chi connectivity index (χ2n) is 4.39. The number of aldehydes is 1. The predicted octanol–water partition coefficient (Wildman–Crippen LogP) is 1.07. The lowest BCUT2D eigenvalue weighted by atomic mass is 10.2. The molecular weight excluding hydrogens is 242 g/mol. The molecule has 1 rings (SSSR count). The van der Waals surface area contributed by atoms with E-state index in [1.807, 2.05) is 0 Å². The first-order valence-corrected chi connectivity index (χ1v) is 5.38. The highest BCUT2D eigenvalue weighted by Gasteiger charge is 2.25. The van der Waals surface area contributed by atoms with Crippen LogP contribution in [0.2, 0.25) is 0 Å². The van der Waals surface area contributed by atoms with Gasteiger partial charge in [0.05, 0.1) is 0 Å². The molecule has 0 atom stereocenters. The van der Waals surface area contributed by atoms with Crippen molar-refractivity contribution in [2.45, 2.75) is 39.8 Å². The maximum absolute atomic E-state index is 11.2. The quantitative estimate of drug-likeness (QED) is 0.373. The summed E-state index contributed by atoms with van der Waals surface area (Å²) >= 11 is 0. The summed E-state index contributed by atoms with van der Waals surface area (Å²) in [7, 11) is 0. The van der Waals surface area contributed by atoms with Crippen LogP contribution in [0.3, 0.4) is 0 Å². The van der Waals surface area contributed by atoms with E-state index in [4.69, 9.17) is 9.26 Å². The summed E-state index contributed by atoms with van der Waals surface area (Å²) in [6.07, 6.45) is -0.389. The summed E-state index contributed by atoms with van der Waals surface area (Å²) in [4.78, 5) is 26.6. The molecule has 8 heteroatoms. The molecule has 0 bridgehead atoms. The molecule has 0 aromatic carbocycles. The van der Waals surface area contributed by atoms with Gasteiger partial charge in [0.25, 0.3) is 0 Å². The first kappa shape index (κ1) is 13.9. The number of hydrogen-bond donors (Lipinski definition) is 1. The van der Waals surface area contributed by atoms with E-state index in [0.717, 1.165) is 0 Å². The number of aromatic nitrogens is 2. The molecule has 8 nitrogen and oxygen atoms in total. The second kappa shape index (κ2) is 5.48. The van der Waals surface area contributed by atoms with Gasteiger partial charge in [0, 0.05) is 0 Å². The maximum atomic E-state index is 11.2. The van der Waals surface area contributed by atoms with Crippen molar-refractivity contribution >= 4 is 18.3 Å². The first-order valence-electron chi connectivity index (χ1n) is 5.38. The van der Waals surface area contributed by atoms with E-state index in [0.29, 0.717) is 12.8 Å². The molecule has 0 fully saturated rings. The van der Waals surface area contributed by atoms with Gasteiger partial charge in [-0.1, -0.05) is 0 Å². The van der Waals surface area contributed by atoms with Crippen molar-refractivity contribution in [1.29, 1.82) is 0 Å². The summed E-state index contributed by atoms with van der Waals surface area (Å²) < 4.78 is 11.0. The predicted molar refractivity (Wildman–Crippen MR) is 58.7 cm³/mol. The molecule has 1 N–H and O–H groups in total. The Morgan fingerprint density at radius 2 is 2.22 bits per heavy atom. The van der Waals surface area contributed by atoms with Crippen LogP contribution in [0.5, 0.6) is 0 Å². The number of aryl methyl sites for hydroxylation is 1. The molecule has 0 saturated heterocycles.